The van der Waals surface area contributed by atoms with Crippen LogP contribution >= 0.6 is 11.3 Å². The molecule has 0 atom stereocenters. The molecule has 0 saturated heterocycles. The summed E-state index contributed by atoms with van der Waals surface area (Å²) < 4.78 is 10.9. The van der Waals surface area contributed by atoms with Gasteiger partial charge in [0, 0.05) is 28.4 Å². The molecule has 0 fully saturated rings. The Labute approximate surface area is 122 Å². The zero-order valence-corrected chi connectivity index (χ0v) is 12.1. The van der Waals surface area contributed by atoms with Crippen LogP contribution in [0.15, 0.2) is 24.3 Å². The van der Waals surface area contributed by atoms with Gasteiger partial charge in [0.2, 0.25) is 6.79 Å². The van der Waals surface area contributed by atoms with Crippen LogP contribution in [-0.2, 0) is 25.9 Å². The van der Waals surface area contributed by atoms with E-state index in [-0.39, 0.29) is 0 Å². The Morgan fingerprint density at radius 3 is 3.10 bits per heavy atom. The van der Waals surface area contributed by atoms with Gasteiger partial charge in [-0.1, -0.05) is 12.1 Å². The predicted octanol–water partition coefficient (Wildman–Crippen LogP) is 3.26. The number of hydrogen-bond acceptors (Lipinski definition) is 4. The molecule has 0 radical (unpaired) electrons. The van der Waals surface area contributed by atoms with Crippen LogP contribution in [0.3, 0.4) is 0 Å². The molecule has 3 nitrogen and oxygen atoms in total. The number of nitrogens with one attached hydrogen (secondary N) is 1. The lowest BCUT2D eigenvalue weighted by Gasteiger charge is -2.06. The molecule has 4 heteroatoms. The molecule has 1 aliphatic heterocycles. The van der Waals surface area contributed by atoms with Crippen LogP contribution in [0.5, 0.6) is 11.5 Å². The molecule has 1 N–H and O–H groups in total. The largest absolute Gasteiger partial charge is 0.454 e. The van der Waals surface area contributed by atoms with Crippen LogP contribution in [0.2, 0.25) is 0 Å². The van der Waals surface area contributed by atoms with E-state index in [1.165, 1.54) is 29.7 Å². The summed E-state index contributed by atoms with van der Waals surface area (Å²) in [7, 11) is 0. The van der Waals surface area contributed by atoms with Crippen molar-refractivity contribution in [1.29, 1.82) is 0 Å². The van der Waals surface area contributed by atoms with Crippen molar-refractivity contribution in [3.8, 4) is 11.5 Å². The van der Waals surface area contributed by atoms with Gasteiger partial charge in [0.15, 0.2) is 11.5 Å². The number of fused-ring (bicyclic) bond motifs is 2. The molecule has 4 rings (SSSR count). The van der Waals surface area contributed by atoms with Crippen LogP contribution in [0.4, 0.5) is 0 Å². The van der Waals surface area contributed by atoms with E-state index >= 15 is 0 Å². The van der Waals surface area contributed by atoms with Crippen molar-refractivity contribution in [2.45, 2.75) is 32.4 Å². The van der Waals surface area contributed by atoms with Crippen molar-refractivity contribution in [3.05, 3.63) is 45.1 Å². The number of benzene rings is 1. The summed E-state index contributed by atoms with van der Waals surface area (Å²) in [4.78, 5) is 3.04. The molecule has 2 aromatic rings. The molecule has 104 valence electrons. The fourth-order valence-corrected chi connectivity index (χ4v) is 4.16. The van der Waals surface area contributed by atoms with E-state index in [1.807, 2.05) is 23.5 Å². The second-order valence-electron chi connectivity index (χ2n) is 5.27. The Balaban J connectivity index is 1.40. The average molecular weight is 287 g/mol. The summed E-state index contributed by atoms with van der Waals surface area (Å²) in [5, 5.41) is 3.51. The van der Waals surface area contributed by atoms with Crippen LogP contribution in [-0.4, -0.2) is 6.79 Å². The Bertz CT molecular complexity index is 614. The number of aryl methyl sites for hydroxylation is 2. The SMILES string of the molecule is c1cc(CNCc2cc3c(s2)CCC3)c2c(c1)OCO2. The lowest BCUT2D eigenvalue weighted by atomic mass is 10.2. The second-order valence-corrected chi connectivity index (χ2v) is 6.49. The number of rotatable bonds is 4. The standard InChI is InChI=1S/C16H17NO2S/c1-4-12(16-14(5-1)18-10-19-16)8-17-9-13-7-11-3-2-6-15(11)20-13/h1,4-5,7,17H,2-3,6,8-10H2. The minimum absolute atomic E-state index is 0.337. The molecule has 1 aromatic carbocycles. The van der Waals surface area contributed by atoms with E-state index in [4.69, 9.17) is 9.47 Å². The quantitative estimate of drug-likeness (QED) is 0.936. The third-order valence-electron chi connectivity index (χ3n) is 3.89. The molecule has 1 aliphatic carbocycles. The molecule has 0 amide bonds. The first-order valence-corrected chi connectivity index (χ1v) is 7.90. The maximum Gasteiger partial charge on any atom is 0.231 e. The Morgan fingerprint density at radius 2 is 2.15 bits per heavy atom. The molecule has 0 unspecified atom stereocenters. The molecular weight excluding hydrogens is 270 g/mol. The molecular formula is C16H17NO2S. The third-order valence-corrected chi connectivity index (χ3v) is 5.13. The number of para-hydroxylation sites is 1. The second kappa shape index (κ2) is 5.11. The van der Waals surface area contributed by atoms with E-state index in [0.29, 0.717) is 6.79 Å². The zero-order valence-electron chi connectivity index (χ0n) is 11.3. The van der Waals surface area contributed by atoms with Gasteiger partial charge in [-0.05, 0) is 37.0 Å². The van der Waals surface area contributed by atoms with E-state index < -0.39 is 0 Å². The molecule has 20 heavy (non-hydrogen) atoms. The van der Waals surface area contributed by atoms with Crippen LogP contribution in [0, 0.1) is 0 Å². The van der Waals surface area contributed by atoms with Crippen molar-refractivity contribution < 1.29 is 9.47 Å². The zero-order chi connectivity index (χ0) is 13.4. The van der Waals surface area contributed by atoms with Crippen LogP contribution in [0.25, 0.3) is 0 Å². The summed E-state index contributed by atoms with van der Waals surface area (Å²) in [6, 6.07) is 8.43. The van der Waals surface area contributed by atoms with Crippen molar-refractivity contribution >= 4 is 11.3 Å². The molecule has 0 spiro atoms. The monoisotopic (exact) mass is 287 g/mol. The topological polar surface area (TPSA) is 30.5 Å². The maximum absolute atomic E-state index is 5.52. The minimum Gasteiger partial charge on any atom is -0.454 e. The molecule has 2 heterocycles. The van der Waals surface area contributed by atoms with Gasteiger partial charge in [-0.25, -0.2) is 0 Å². The van der Waals surface area contributed by atoms with Gasteiger partial charge in [-0.15, -0.1) is 11.3 Å². The summed E-state index contributed by atoms with van der Waals surface area (Å²) in [5.41, 5.74) is 2.74. The highest BCUT2D eigenvalue weighted by atomic mass is 32.1. The highest BCUT2D eigenvalue weighted by molar-refractivity contribution is 7.12. The summed E-state index contributed by atoms with van der Waals surface area (Å²) in [6.45, 7) is 2.08. The lowest BCUT2D eigenvalue weighted by Crippen LogP contribution is -2.12. The van der Waals surface area contributed by atoms with Gasteiger partial charge in [0.25, 0.3) is 0 Å². The molecule has 1 aromatic heterocycles. The number of ether oxygens (including phenoxy) is 2. The molecule has 0 saturated carbocycles. The van der Waals surface area contributed by atoms with Gasteiger partial charge in [-0.3, -0.25) is 0 Å². The minimum atomic E-state index is 0.337. The first-order chi connectivity index (χ1) is 9.90. The first-order valence-electron chi connectivity index (χ1n) is 7.09. The number of thiophene rings is 1. The fraction of sp³-hybridized carbons (Fsp3) is 0.375. The van der Waals surface area contributed by atoms with Gasteiger partial charge < -0.3 is 14.8 Å². The average Bonchev–Trinajstić information content (AvgIpc) is 3.13. The smallest absolute Gasteiger partial charge is 0.231 e. The predicted molar refractivity (Wildman–Crippen MR) is 79.5 cm³/mol. The summed E-state index contributed by atoms with van der Waals surface area (Å²) in [5.74, 6) is 1.76. The van der Waals surface area contributed by atoms with Crippen LogP contribution < -0.4 is 14.8 Å². The highest BCUT2D eigenvalue weighted by Gasteiger charge is 2.17. The summed E-state index contributed by atoms with van der Waals surface area (Å²) in [6.07, 6.45) is 3.88. The van der Waals surface area contributed by atoms with Crippen molar-refractivity contribution in [2.75, 3.05) is 6.79 Å². The van der Waals surface area contributed by atoms with Gasteiger partial charge in [-0.2, -0.15) is 0 Å². The molecule has 0 bridgehead atoms. The molecule has 2 aliphatic rings. The van der Waals surface area contributed by atoms with Gasteiger partial charge in [0.1, 0.15) is 0 Å². The maximum atomic E-state index is 5.52. The first kappa shape index (κ1) is 12.2. The van der Waals surface area contributed by atoms with Crippen molar-refractivity contribution in [3.63, 3.8) is 0 Å². The van der Waals surface area contributed by atoms with Crippen molar-refractivity contribution in [2.24, 2.45) is 0 Å². The number of hydrogen-bond donors (Lipinski definition) is 1. The fourth-order valence-electron chi connectivity index (χ4n) is 2.93. The lowest BCUT2D eigenvalue weighted by molar-refractivity contribution is 0.173. The van der Waals surface area contributed by atoms with E-state index in [0.717, 1.165) is 24.6 Å². The van der Waals surface area contributed by atoms with E-state index in [2.05, 4.69) is 17.4 Å². The van der Waals surface area contributed by atoms with E-state index in [9.17, 15) is 0 Å². The van der Waals surface area contributed by atoms with Crippen molar-refractivity contribution in [1.82, 2.24) is 5.32 Å². The highest BCUT2D eigenvalue weighted by Crippen LogP contribution is 2.35. The Morgan fingerprint density at radius 1 is 1.15 bits per heavy atom. The Hall–Kier alpha value is -1.52. The summed E-state index contributed by atoms with van der Waals surface area (Å²) >= 11 is 1.96. The van der Waals surface area contributed by atoms with E-state index in [1.54, 1.807) is 10.4 Å². The van der Waals surface area contributed by atoms with Gasteiger partial charge >= 0.3 is 0 Å². The normalized spacial score (nSPS) is 15.6. The van der Waals surface area contributed by atoms with Crippen LogP contribution in [0.1, 0.15) is 27.3 Å². The Kier molecular flexibility index (Phi) is 3.13. The third kappa shape index (κ3) is 2.19. The van der Waals surface area contributed by atoms with Gasteiger partial charge in [0.05, 0.1) is 0 Å².